The molecular formula is C21H20O2. The number of benzene rings is 3. The summed E-state index contributed by atoms with van der Waals surface area (Å²) in [4.78, 5) is 0. The number of phenols is 1. The van der Waals surface area contributed by atoms with Gasteiger partial charge in [0.15, 0.2) is 0 Å². The van der Waals surface area contributed by atoms with Gasteiger partial charge in [-0.05, 0) is 59.7 Å². The lowest BCUT2D eigenvalue weighted by atomic mass is 9.84. The largest absolute Gasteiger partial charge is 0.507 e. The Morgan fingerprint density at radius 1 is 0.870 bits per heavy atom. The highest BCUT2D eigenvalue weighted by molar-refractivity contribution is 6.02. The second-order valence-electron chi connectivity index (χ2n) is 6.17. The molecule has 2 nitrogen and oxygen atoms in total. The topological polar surface area (TPSA) is 29.5 Å². The van der Waals surface area contributed by atoms with Crippen LogP contribution in [0.15, 0.2) is 48.5 Å². The quantitative estimate of drug-likeness (QED) is 0.713. The number of aromatic hydroxyl groups is 1. The first-order chi connectivity index (χ1) is 11.3. The van der Waals surface area contributed by atoms with Crippen LogP contribution in [0.3, 0.4) is 0 Å². The maximum Gasteiger partial charge on any atom is 0.127 e. The van der Waals surface area contributed by atoms with Gasteiger partial charge in [0, 0.05) is 11.1 Å². The fourth-order valence-corrected chi connectivity index (χ4v) is 3.77. The summed E-state index contributed by atoms with van der Waals surface area (Å²) in [6.07, 6.45) is 4.58. The lowest BCUT2D eigenvalue weighted by Crippen LogP contribution is -2.06. The van der Waals surface area contributed by atoms with Crippen LogP contribution in [0.1, 0.15) is 24.0 Å². The van der Waals surface area contributed by atoms with Gasteiger partial charge in [0.2, 0.25) is 0 Å². The van der Waals surface area contributed by atoms with E-state index < -0.39 is 0 Å². The van der Waals surface area contributed by atoms with Crippen LogP contribution in [0, 0.1) is 0 Å². The Labute approximate surface area is 136 Å². The highest BCUT2D eigenvalue weighted by atomic mass is 16.5. The lowest BCUT2D eigenvalue weighted by molar-refractivity contribution is 0.414. The molecule has 0 atom stereocenters. The van der Waals surface area contributed by atoms with Crippen molar-refractivity contribution in [3.05, 3.63) is 59.7 Å². The summed E-state index contributed by atoms with van der Waals surface area (Å²) < 4.78 is 5.66. The Morgan fingerprint density at radius 3 is 2.57 bits per heavy atom. The molecule has 3 aromatic rings. The second kappa shape index (κ2) is 5.62. The Hall–Kier alpha value is -2.48. The van der Waals surface area contributed by atoms with Gasteiger partial charge in [-0.2, -0.15) is 0 Å². The van der Waals surface area contributed by atoms with E-state index in [2.05, 4.69) is 18.2 Å². The maximum atomic E-state index is 10.6. The number of phenolic OH excluding ortho intramolecular Hbond substituents is 1. The van der Waals surface area contributed by atoms with Crippen LogP contribution in [0.25, 0.3) is 21.9 Å². The normalized spacial score (nSPS) is 13.8. The van der Waals surface area contributed by atoms with E-state index in [1.807, 2.05) is 24.3 Å². The molecule has 0 aliphatic heterocycles. The first-order valence-corrected chi connectivity index (χ1v) is 8.19. The third-order valence-electron chi connectivity index (χ3n) is 4.87. The number of methoxy groups -OCH3 is 1. The summed E-state index contributed by atoms with van der Waals surface area (Å²) in [6.45, 7) is 0. The summed E-state index contributed by atoms with van der Waals surface area (Å²) >= 11 is 0. The number of aryl methyl sites for hydroxylation is 1. The molecule has 0 amide bonds. The van der Waals surface area contributed by atoms with Crippen molar-refractivity contribution in [3.63, 3.8) is 0 Å². The molecule has 1 aliphatic carbocycles. The van der Waals surface area contributed by atoms with Crippen molar-refractivity contribution < 1.29 is 9.84 Å². The minimum Gasteiger partial charge on any atom is -0.507 e. The van der Waals surface area contributed by atoms with Crippen molar-refractivity contribution in [1.29, 1.82) is 0 Å². The van der Waals surface area contributed by atoms with Gasteiger partial charge < -0.3 is 9.84 Å². The Morgan fingerprint density at radius 2 is 1.70 bits per heavy atom. The summed E-state index contributed by atoms with van der Waals surface area (Å²) in [5, 5.41) is 12.8. The predicted octanol–water partition coefficient (Wildman–Crippen LogP) is 5.10. The van der Waals surface area contributed by atoms with Crippen LogP contribution in [0.5, 0.6) is 11.5 Å². The van der Waals surface area contributed by atoms with E-state index in [-0.39, 0.29) is 0 Å². The minimum absolute atomic E-state index is 0.320. The van der Waals surface area contributed by atoms with Gasteiger partial charge in [0.1, 0.15) is 11.5 Å². The second-order valence-corrected chi connectivity index (χ2v) is 6.17. The molecule has 0 fully saturated rings. The van der Waals surface area contributed by atoms with E-state index >= 15 is 0 Å². The van der Waals surface area contributed by atoms with Crippen LogP contribution >= 0.6 is 0 Å². The first kappa shape index (κ1) is 14.1. The van der Waals surface area contributed by atoms with Gasteiger partial charge in [-0.25, -0.2) is 0 Å². The van der Waals surface area contributed by atoms with Gasteiger partial charge in [0.05, 0.1) is 7.11 Å². The van der Waals surface area contributed by atoms with E-state index in [1.54, 1.807) is 13.2 Å². The molecule has 0 radical (unpaired) electrons. The molecule has 1 aliphatic rings. The van der Waals surface area contributed by atoms with Crippen molar-refractivity contribution in [3.8, 4) is 22.6 Å². The monoisotopic (exact) mass is 304 g/mol. The Kier molecular flexibility index (Phi) is 3.45. The van der Waals surface area contributed by atoms with Crippen molar-refractivity contribution >= 4 is 10.8 Å². The number of fused-ring (bicyclic) bond motifs is 2. The summed E-state index contributed by atoms with van der Waals surface area (Å²) in [7, 11) is 1.70. The van der Waals surface area contributed by atoms with Crippen molar-refractivity contribution in [2.45, 2.75) is 25.7 Å². The number of hydrogen-bond donors (Lipinski definition) is 1. The Bertz CT molecular complexity index is 880. The van der Waals surface area contributed by atoms with E-state index in [1.165, 1.54) is 24.0 Å². The first-order valence-electron chi connectivity index (χ1n) is 8.19. The molecular weight excluding hydrogens is 284 g/mol. The van der Waals surface area contributed by atoms with Crippen LogP contribution < -0.4 is 4.74 Å². The SMILES string of the molecule is COc1ccc2c(c1-c1c(O)ccc3ccccc13)CCCC2. The smallest absolute Gasteiger partial charge is 0.127 e. The summed E-state index contributed by atoms with van der Waals surface area (Å²) in [6, 6.07) is 16.2. The Balaban J connectivity index is 2.10. The average molecular weight is 304 g/mol. The molecule has 0 saturated carbocycles. The van der Waals surface area contributed by atoms with Gasteiger partial charge >= 0.3 is 0 Å². The zero-order chi connectivity index (χ0) is 15.8. The standard InChI is InChI=1S/C21H20O2/c1-23-19-13-11-15-7-3-5-9-17(15)21(19)20-16-8-4-2-6-14(16)10-12-18(20)22/h2,4,6,8,10-13,22H,3,5,7,9H2,1H3. The molecule has 0 aromatic heterocycles. The third-order valence-corrected chi connectivity index (χ3v) is 4.87. The van der Waals surface area contributed by atoms with Crippen molar-refractivity contribution in [1.82, 2.24) is 0 Å². The third kappa shape index (κ3) is 2.26. The molecule has 0 saturated heterocycles. The van der Waals surface area contributed by atoms with E-state index in [9.17, 15) is 5.11 Å². The van der Waals surface area contributed by atoms with Crippen molar-refractivity contribution in [2.75, 3.05) is 7.11 Å². The number of ether oxygens (including phenoxy) is 1. The van der Waals surface area contributed by atoms with Crippen LogP contribution in [0.2, 0.25) is 0 Å². The van der Waals surface area contributed by atoms with E-state index in [0.717, 1.165) is 40.5 Å². The summed E-state index contributed by atoms with van der Waals surface area (Å²) in [5.74, 6) is 1.17. The molecule has 1 N–H and O–H groups in total. The molecule has 0 spiro atoms. The molecule has 23 heavy (non-hydrogen) atoms. The molecule has 3 aromatic carbocycles. The predicted molar refractivity (Wildman–Crippen MR) is 94.2 cm³/mol. The highest BCUT2D eigenvalue weighted by Gasteiger charge is 2.22. The van der Waals surface area contributed by atoms with Crippen LogP contribution in [-0.4, -0.2) is 12.2 Å². The molecule has 0 bridgehead atoms. The summed E-state index contributed by atoms with van der Waals surface area (Å²) in [5.41, 5.74) is 4.69. The van der Waals surface area contributed by atoms with Crippen molar-refractivity contribution in [2.24, 2.45) is 0 Å². The van der Waals surface area contributed by atoms with Gasteiger partial charge in [0.25, 0.3) is 0 Å². The molecule has 2 heteroatoms. The highest BCUT2D eigenvalue weighted by Crippen LogP contribution is 2.45. The van der Waals surface area contributed by atoms with Gasteiger partial charge in [-0.15, -0.1) is 0 Å². The fourth-order valence-electron chi connectivity index (χ4n) is 3.77. The van der Waals surface area contributed by atoms with Crippen LogP contribution in [0.4, 0.5) is 0 Å². The van der Waals surface area contributed by atoms with Gasteiger partial charge in [-0.3, -0.25) is 0 Å². The molecule has 4 rings (SSSR count). The van der Waals surface area contributed by atoms with Gasteiger partial charge in [-0.1, -0.05) is 36.4 Å². The zero-order valence-electron chi connectivity index (χ0n) is 13.3. The maximum absolute atomic E-state index is 10.6. The minimum atomic E-state index is 0.320. The molecule has 0 heterocycles. The molecule has 0 unspecified atom stereocenters. The lowest BCUT2D eigenvalue weighted by Gasteiger charge is -2.23. The number of rotatable bonds is 2. The molecule has 116 valence electrons. The average Bonchev–Trinajstić information content (AvgIpc) is 2.61. The zero-order valence-corrected chi connectivity index (χ0v) is 13.3. The van der Waals surface area contributed by atoms with E-state index in [0.29, 0.717) is 5.75 Å². The van der Waals surface area contributed by atoms with E-state index in [4.69, 9.17) is 4.74 Å². The number of hydrogen-bond acceptors (Lipinski definition) is 2. The fraction of sp³-hybridized carbons (Fsp3) is 0.238. The van der Waals surface area contributed by atoms with Crippen LogP contribution in [-0.2, 0) is 12.8 Å².